The Morgan fingerprint density at radius 1 is 0.182 bits per heavy atom. The molecule has 0 aromatic heterocycles. The predicted octanol–water partition coefficient (Wildman–Crippen LogP) is 30.2. The topological polar surface area (TPSA) is 13.0 Å². The van der Waals surface area contributed by atoms with E-state index in [2.05, 4.69) is 432 Å². The van der Waals surface area contributed by atoms with E-state index in [1.165, 1.54) is 86.5 Å². The van der Waals surface area contributed by atoms with E-state index in [0.717, 1.165) is 125 Å². The lowest BCUT2D eigenvalue weighted by Gasteiger charge is -2.31. The first-order valence-electron chi connectivity index (χ1n) is 38.2. The van der Waals surface area contributed by atoms with Gasteiger partial charge in [0.15, 0.2) is 0 Å². The third-order valence-corrected chi connectivity index (χ3v) is 22.8. The molecule has 1 aliphatic rings. The molecule has 0 fully saturated rings. The van der Waals surface area contributed by atoms with Crippen LogP contribution in [0.25, 0.3) is 125 Å². The Morgan fingerprint density at radius 2 is 0.427 bits per heavy atom. The highest BCUT2D eigenvalue weighted by Gasteiger charge is 2.28. The third kappa shape index (κ3) is 10.9. The smallest absolute Gasteiger partial charge is 0.0540 e. The zero-order chi connectivity index (χ0) is 72.6. The largest absolute Gasteiger partial charge is 0.309 e. The minimum atomic E-state index is 0.982. The van der Waals surface area contributed by atoms with Gasteiger partial charge in [0.2, 0.25) is 0 Å². The van der Waals surface area contributed by atoms with Crippen molar-refractivity contribution < 1.29 is 0 Å². The number of hydrogen-bond donors (Lipinski definition) is 0. The summed E-state index contributed by atoms with van der Waals surface area (Å²) in [5.41, 5.74) is 20.2. The average molecular weight is 1400 g/mol. The average Bonchev–Trinajstić information content (AvgIpc) is 0.715. The van der Waals surface area contributed by atoms with Gasteiger partial charge >= 0.3 is 0 Å². The van der Waals surface area contributed by atoms with E-state index in [1.54, 1.807) is 0 Å². The van der Waals surface area contributed by atoms with Crippen molar-refractivity contribution in [1.29, 1.82) is 0 Å². The van der Waals surface area contributed by atoms with Gasteiger partial charge in [0.05, 0.1) is 45.5 Å². The number of rotatable bonds is 14. The highest BCUT2D eigenvalue weighted by atomic mass is 15.2. The van der Waals surface area contributed by atoms with Crippen molar-refractivity contribution in [2.45, 2.75) is 12.8 Å². The second-order valence-corrected chi connectivity index (χ2v) is 28.9. The van der Waals surface area contributed by atoms with Gasteiger partial charge in [-0.05, 0) is 197 Å². The molecule has 110 heavy (non-hydrogen) atoms. The summed E-state index contributed by atoms with van der Waals surface area (Å²) in [6, 6.07) is 149. The van der Waals surface area contributed by atoms with Crippen molar-refractivity contribution in [3.05, 3.63) is 418 Å². The number of nitrogens with zero attached hydrogens (tertiary/aromatic N) is 4. The van der Waals surface area contributed by atoms with Crippen LogP contribution in [0.5, 0.6) is 0 Å². The van der Waals surface area contributed by atoms with Crippen LogP contribution in [0, 0.1) is 0 Å². The van der Waals surface area contributed by atoms with Crippen molar-refractivity contribution in [2.24, 2.45) is 0 Å². The molecular weight excluding hydrogens is 1330 g/mol. The Hall–Kier alpha value is -14.3. The lowest BCUT2D eigenvalue weighted by Crippen LogP contribution is -2.13. The van der Waals surface area contributed by atoms with Crippen LogP contribution in [-0.4, -0.2) is 0 Å². The van der Waals surface area contributed by atoms with Crippen molar-refractivity contribution >= 4 is 171 Å². The zero-order valence-electron chi connectivity index (χ0n) is 60.5. The van der Waals surface area contributed by atoms with Gasteiger partial charge in [-0.15, -0.1) is 0 Å². The van der Waals surface area contributed by atoms with Crippen molar-refractivity contribution in [3.8, 4) is 22.3 Å². The molecule has 1 aliphatic carbocycles. The molecule has 0 aliphatic heterocycles. The van der Waals surface area contributed by atoms with E-state index in [9.17, 15) is 0 Å². The summed E-state index contributed by atoms with van der Waals surface area (Å²) in [5.74, 6) is 0. The van der Waals surface area contributed by atoms with Gasteiger partial charge in [-0.25, -0.2) is 0 Å². The van der Waals surface area contributed by atoms with Crippen molar-refractivity contribution in [3.63, 3.8) is 0 Å². The monoisotopic (exact) mass is 1400 g/mol. The second-order valence-electron chi connectivity index (χ2n) is 28.9. The molecule has 0 spiro atoms. The van der Waals surface area contributed by atoms with Crippen LogP contribution in [0.2, 0.25) is 0 Å². The lowest BCUT2D eigenvalue weighted by atomic mass is 9.85. The molecule has 20 aromatic rings. The molecule has 0 bridgehead atoms. The van der Waals surface area contributed by atoms with Gasteiger partial charge < -0.3 is 19.6 Å². The maximum Gasteiger partial charge on any atom is 0.0540 e. The minimum Gasteiger partial charge on any atom is -0.309 e. The summed E-state index contributed by atoms with van der Waals surface area (Å²) in [6.45, 7) is 0. The fourth-order valence-electron chi connectivity index (χ4n) is 17.8. The molecule has 0 N–H and O–H groups in total. The number of aryl methyl sites for hydroxylation is 1. The van der Waals surface area contributed by atoms with E-state index < -0.39 is 0 Å². The van der Waals surface area contributed by atoms with Gasteiger partial charge in [-0.1, -0.05) is 315 Å². The fraction of sp³-hybridized carbons (Fsp3) is 0.0189. The quantitative estimate of drug-likeness (QED) is 0.101. The van der Waals surface area contributed by atoms with E-state index >= 15 is 0 Å². The SMILES string of the molecule is C1=Cc2c(cccc2N(c2ccc3c(-c4ccc(N(c5cccc6ccccc56)c5cccc6ccccc56)cc4)c4cc(N(c5cccc6ccccc56)c5cccc6ccccc56)ccc4c(-c4ccc(N(c5cccc6ccccc56)c5cccc6ccccc56)cc4)c3c2)c2cccc3ccccc23)CC1. The Bertz CT molecular complexity index is 6800. The highest BCUT2D eigenvalue weighted by molar-refractivity contribution is 6.24. The standard InChI is InChI=1S/C106H72N4/c1-9-41-85-71(25-1)33-17-49-97(85)107(98-50-18-34-72-26-2-10-42-86(72)98)81-61-57-79(58-62-81)105-93-67-65-84(110(103-55-23-39-77-31-7-15-47-91(77)103)104-56-24-40-78-32-8-16-48-92(78)104)70-96(93)106(80-59-63-82(64-60-80)108(99-51-19-35-73-27-3-11-43-87(73)99)100-52-20-36-74-28-4-12-44-88(74)100)94-68-66-83(69-95(94)105)109(101-53-21-37-75-29-5-13-45-89(75)101)102-54-22-38-76-30-6-14-46-90(76)102/h1-7,9-31,33-70H,8,32H2. The lowest BCUT2D eigenvalue weighted by molar-refractivity contribution is 0.984. The Kier molecular flexibility index (Phi) is 15.7. The number of hydrogen-bond acceptors (Lipinski definition) is 4. The molecule has 4 heteroatoms. The summed E-state index contributed by atoms with van der Waals surface area (Å²) in [6.07, 6.45) is 6.69. The Morgan fingerprint density at radius 3 is 0.736 bits per heavy atom. The van der Waals surface area contributed by atoms with Gasteiger partial charge in [0.25, 0.3) is 0 Å². The molecule has 20 aromatic carbocycles. The first-order valence-corrected chi connectivity index (χ1v) is 38.2. The summed E-state index contributed by atoms with van der Waals surface area (Å²) >= 11 is 0. The zero-order valence-corrected chi connectivity index (χ0v) is 60.5. The third-order valence-electron chi connectivity index (χ3n) is 22.8. The molecular formula is C106H72N4. The van der Waals surface area contributed by atoms with Crippen LogP contribution in [0.1, 0.15) is 17.5 Å². The van der Waals surface area contributed by atoms with Crippen molar-refractivity contribution in [1.82, 2.24) is 0 Å². The molecule has 21 rings (SSSR count). The summed E-state index contributed by atoms with van der Waals surface area (Å²) in [7, 11) is 0. The van der Waals surface area contributed by atoms with Gasteiger partial charge in [-0.3, -0.25) is 0 Å². The first kappa shape index (κ1) is 64.1. The molecule has 0 saturated heterocycles. The van der Waals surface area contributed by atoms with E-state index in [0.29, 0.717) is 0 Å². The number of anilines is 12. The molecule has 516 valence electrons. The van der Waals surface area contributed by atoms with E-state index in [4.69, 9.17) is 0 Å². The maximum absolute atomic E-state index is 2.54. The van der Waals surface area contributed by atoms with Crippen LogP contribution >= 0.6 is 0 Å². The highest BCUT2D eigenvalue weighted by Crippen LogP contribution is 2.53. The first-order chi connectivity index (χ1) is 54.6. The van der Waals surface area contributed by atoms with Gasteiger partial charge in [-0.2, -0.15) is 0 Å². The molecule has 4 nitrogen and oxygen atoms in total. The van der Waals surface area contributed by atoms with Crippen LogP contribution < -0.4 is 19.6 Å². The van der Waals surface area contributed by atoms with Crippen molar-refractivity contribution in [2.75, 3.05) is 19.6 Å². The normalized spacial score (nSPS) is 12.1. The maximum atomic E-state index is 2.54. The Balaban J connectivity index is 0.864. The Labute approximate surface area is 639 Å². The minimum absolute atomic E-state index is 0.982. The number of fused-ring (bicyclic) bond motifs is 10. The molecule has 0 heterocycles. The van der Waals surface area contributed by atoms with Gasteiger partial charge in [0, 0.05) is 66.0 Å². The summed E-state index contributed by atoms with van der Waals surface area (Å²) in [4.78, 5) is 9.99. The molecule has 0 amide bonds. The van der Waals surface area contributed by atoms with Gasteiger partial charge in [0.1, 0.15) is 0 Å². The molecule has 0 unspecified atom stereocenters. The van der Waals surface area contributed by atoms with Crippen LogP contribution in [0.15, 0.2) is 406 Å². The fourth-order valence-corrected chi connectivity index (χ4v) is 17.8. The van der Waals surface area contributed by atoms with Crippen LogP contribution in [-0.2, 0) is 6.42 Å². The summed E-state index contributed by atoms with van der Waals surface area (Å²) in [5, 5.41) is 21.0. The van der Waals surface area contributed by atoms with Crippen LogP contribution in [0.4, 0.5) is 68.2 Å². The summed E-state index contributed by atoms with van der Waals surface area (Å²) < 4.78 is 0. The molecule has 0 atom stereocenters. The number of allylic oxidation sites excluding steroid dienone is 1. The molecule has 0 radical (unpaired) electrons. The van der Waals surface area contributed by atoms with Crippen LogP contribution in [0.3, 0.4) is 0 Å². The second kappa shape index (κ2) is 26.9. The molecule has 0 saturated carbocycles. The predicted molar refractivity (Wildman–Crippen MR) is 471 cm³/mol. The van der Waals surface area contributed by atoms with E-state index in [1.807, 2.05) is 0 Å². The number of benzene rings is 20. The van der Waals surface area contributed by atoms with E-state index in [-0.39, 0.29) is 0 Å².